The number of nitrogens with zero attached hydrogens (tertiary/aromatic N) is 2. The van der Waals surface area contributed by atoms with Crippen molar-refractivity contribution >= 4 is 11.6 Å². The van der Waals surface area contributed by atoms with Gasteiger partial charge in [0, 0.05) is 17.5 Å². The lowest BCUT2D eigenvalue weighted by Crippen LogP contribution is -1.99. The van der Waals surface area contributed by atoms with Gasteiger partial charge in [-0.1, -0.05) is 25.4 Å². The minimum atomic E-state index is -0.430. The molecular weight excluding hydrogens is 267 g/mol. The molecule has 1 aromatic carbocycles. The Morgan fingerprint density at radius 3 is 2.53 bits per heavy atom. The first kappa shape index (κ1) is 13.7. The van der Waals surface area contributed by atoms with Crippen LogP contribution in [-0.2, 0) is 0 Å². The summed E-state index contributed by atoms with van der Waals surface area (Å²) in [7, 11) is 1.43. The molecular formula is C14H14ClFN2O. The maximum absolute atomic E-state index is 13.7. The quantitative estimate of drug-likeness (QED) is 0.795. The van der Waals surface area contributed by atoms with Gasteiger partial charge in [-0.2, -0.15) is 0 Å². The van der Waals surface area contributed by atoms with Gasteiger partial charge in [-0.3, -0.25) is 0 Å². The van der Waals surface area contributed by atoms with Crippen LogP contribution in [0.3, 0.4) is 0 Å². The number of aromatic nitrogens is 2. The molecule has 0 amide bonds. The molecule has 19 heavy (non-hydrogen) atoms. The summed E-state index contributed by atoms with van der Waals surface area (Å²) in [6.45, 7) is 3.95. The Bertz CT molecular complexity index is 602. The molecule has 2 aromatic rings. The van der Waals surface area contributed by atoms with Crippen molar-refractivity contribution in [2.75, 3.05) is 7.11 Å². The van der Waals surface area contributed by atoms with Gasteiger partial charge in [0.05, 0.1) is 12.8 Å². The van der Waals surface area contributed by atoms with Gasteiger partial charge in [-0.15, -0.1) is 0 Å². The zero-order chi connectivity index (χ0) is 14.0. The number of hydrogen-bond donors (Lipinski definition) is 0. The summed E-state index contributed by atoms with van der Waals surface area (Å²) in [5.74, 6) is 0.563. The second kappa shape index (κ2) is 5.53. The topological polar surface area (TPSA) is 35.0 Å². The van der Waals surface area contributed by atoms with Crippen LogP contribution in [0.5, 0.6) is 5.75 Å². The van der Waals surface area contributed by atoms with Gasteiger partial charge in [-0.05, 0) is 18.2 Å². The molecule has 1 heterocycles. The van der Waals surface area contributed by atoms with Gasteiger partial charge in [0.1, 0.15) is 11.0 Å². The van der Waals surface area contributed by atoms with Gasteiger partial charge in [-0.25, -0.2) is 14.4 Å². The van der Waals surface area contributed by atoms with Gasteiger partial charge in [0.25, 0.3) is 0 Å². The fourth-order valence-corrected chi connectivity index (χ4v) is 1.86. The van der Waals surface area contributed by atoms with Crippen LogP contribution in [-0.4, -0.2) is 17.1 Å². The molecule has 0 N–H and O–H groups in total. The smallest absolute Gasteiger partial charge is 0.165 e. The van der Waals surface area contributed by atoms with Crippen molar-refractivity contribution in [2.24, 2.45) is 0 Å². The van der Waals surface area contributed by atoms with E-state index in [2.05, 4.69) is 9.97 Å². The molecule has 0 fully saturated rings. The second-order valence-electron chi connectivity index (χ2n) is 4.44. The van der Waals surface area contributed by atoms with Crippen molar-refractivity contribution in [3.8, 4) is 17.0 Å². The van der Waals surface area contributed by atoms with Crippen LogP contribution in [0.4, 0.5) is 4.39 Å². The largest absolute Gasteiger partial charge is 0.494 e. The van der Waals surface area contributed by atoms with E-state index in [4.69, 9.17) is 16.3 Å². The van der Waals surface area contributed by atoms with Crippen molar-refractivity contribution in [2.45, 2.75) is 19.8 Å². The molecule has 5 heteroatoms. The predicted octanol–water partition coefficient (Wildman–Crippen LogP) is 4.07. The molecule has 0 aliphatic rings. The average Bonchev–Trinajstić information content (AvgIpc) is 2.37. The highest BCUT2D eigenvalue weighted by Crippen LogP contribution is 2.26. The van der Waals surface area contributed by atoms with Crippen LogP contribution in [0.25, 0.3) is 11.3 Å². The monoisotopic (exact) mass is 280 g/mol. The van der Waals surface area contributed by atoms with Crippen molar-refractivity contribution < 1.29 is 9.13 Å². The molecule has 0 radical (unpaired) electrons. The molecule has 0 spiro atoms. The standard InChI is InChI=1S/C14H14ClFN2O/c1-8(2)14-17-11(7-13(15)18-14)9-4-5-12(19-3)10(16)6-9/h4-8H,1-3H3. The van der Waals surface area contributed by atoms with Crippen molar-refractivity contribution in [3.63, 3.8) is 0 Å². The summed E-state index contributed by atoms with van der Waals surface area (Å²) < 4.78 is 18.6. The predicted molar refractivity (Wildman–Crippen MR) is 73.1 cm³/mol. The minimum absolute atomic E-state index is 0.153. The zero-order valence-corrected chi connectivity index (χ0v) is 11.7. The number of ether oxygens (including phenoxy) is 1. The zero-order valence-electron chi connectivity index (χ0n) is 10.9. The number of hydrogen-bond acceptors (Lipinski definition) is 3. The van der Waals surface area contributed by atoms with E-state index < -0.39 is 5.82 Å². The summed E-state index contributed by atoms with van der Waals surface area (Å²) in [4.78, 5) is 8.55. The summed E-state index contributed by atoms with van der Waals surface area (Å²) in [6.07, 6.45) is 0. The van der Waals surface area contributed by atoms with E-state index in [1.807, 2.05) is 13.8 Å². The number of benzene rings is 1. The van der Waals surface area contributed by atoms with E-state index >= 15 is 0 Å². The molecule has 0 atom stereocenters. The van der Waals surface area contributed by atoms with E-state index in [9.17, 15) is 4.39 Å². The van der Waals surface area contributed by atoms with E-state index in [-0.39, 0.29) is 11.7 Å². The maximum atomic E-state index is 13.7. The van der Waals surface area contributed by atoms with E-state index in [1.54, 1.807) is 18.2 Å². The average molecular weight is 281 g/mol. The van der Waals surface area contributed by atoms with Crippen LogP contribution in [0.1, 0.15) is 25.6 Å². The lowest BCUT2D eigenvalue weighted by molar-refractivity contribution is 0.386. The molecule has 0 aliphatic carbocycles. The minimum Gasteiger partial charge on any atom is -0.494 e. The van der Waals surface area contributed by atoms with Crippen LogP contribution >= 0.6 is 11.6 Å². The van der Waals surface area contributed by atoms with Gasteiger partial charge in [0.2, 0.25) is 0 Å². The Morgan fingerprint density at radius 1 is 1.21 bits per heavy atom. The van der Waals surface area contributed by atoms with Crippen molar-refractivity contribution in [1.29, 1.82) is 0 Å². The highest BCUT2D eigenvalue weighted by Gasteiger charge is 2.11. The SMILES string of the molecule is COc1ccc(-c2cc(Cl)nc(C(C)C)n2)cc1F. The first-order valence-electron chi connectivity index (χ1n) is 5.89. The maximum Gasteiger partial charge on any atom is 0.165 e. The van der Waals surface area contributed by atoms with E-state index in [0.29, 0.717) is 22.2 Å². The molecule has 0 bridgehead atoms. The fourth-order valence-electron chi connectivity index (χ4n) is 1.67. The van der Waals surface area contributed by atoms with Crippen LogP contribution in [0, 0.1) is 5.82 Å². The Balaban J connectivity index is 2.49. The Hall–Kier alpha value is -1.68. The molecule has 1 aromatic heterocycles. The molecule has 3 nitrogen and oxygen atoms in total. The molecule has 2 rings (SSSR count). The van der Waals surface area contributed by atoms with Crippen LogP contribution in [0.2, 0.25) is 5.15 Å². The normalized spacial score (nSPS) is 10.8. The second-order valence-corrected chi connectivity index (χ2v) is 4.83. The number of methoxy groups -OCH3 is 1. The summed E-state index contributed by atoms with van der Waals surface area (Å²) in [5, 5.41) is 0.352. The fraction of sp³-hybridized carbons (Fsp3) is 0.286. The summed E-state index contributed by atoms with van der Waals surface area (Å²) in [6, 6.07) is 6.30. The molecule has 100 valence electrons. The van der Waals surface area contributed by atoms with E-state index in [0.717, 1.165) is 0 Å². The van der Waals surface area contributed by atoms with Crippen molar-refractivity contribution in [3.05, 3.63) is 41.1 Å². The highest BCUT2D eigenvalue weighted by atomic mass is 35.5. The first-order chi connectivity index (χ1) is 9.01. The Kier molecular flexibility index (Phi) is 4.00. The number of rotatable bonds is 3. The molecule has 0 saturated heterocycles. The van der Waals surface area contributed by atoms with Crippen LogP contribution < -0.4 is 4.74 Å². The van der Waals surface area contributed by atoms with E-state index in [1.165, 1.54) is 13.2 Å². The Morgan fingerprint density at radius 2 is 1.95 bits per heavy atom. The third-order valence-electron chi connectivity index (χ3n) is 2.68. The van der Waals surface area contributed by atoms with Gasteiger partial charge >= 0.3 is 0 Å². The molecule has 0 saturated carbocycles. The highest BCUT2D eigenvalue weighted by molar-refractivity contribution is 6.29. The van der Waals surface area contributed by atoms with Crippen molar-refractivity contribution in [1.82, 2.24) is 9.97 Å². The lowest BCUT2D eigenvalue weighted by Gasteiger charge is -2.09. The van der Waals surface area contributed by atoms with Crippen LogP contribution in [0.15, 0.2) is 24.3 Å². The molecule has 0 unspecified atom stereocenters. The third kappa shape index (κ3) is 3.01. The first-order valence-corrected chi connectivity index (χ1v) is 6.27. The summed E-state index contributed by atoms with van der Waals surface area (Å²) >= 11 is 5.97. The van der Waals surface area contributed by atoms with Gasteiger partial charge in [0.15, 0.2) is 11.6 Å². The number of halogens is 2. The lowest BCUT2D eigenvalue weighted by atomic mass is 10.1. The third-order valence-corrected chi connectivity index (χ3v) is 2.87. The Labute approximate surface area is 116 Å². The summed E-state index contributed by atoms with van der Waals surface area (Å²) in [5.41, 5.74) is 1.25. The molecule has 0 aliphatic heterocycles. The van der Waals surface area contributed by atoms with Gasteiger partial charge < -0.3 is 4.74 Å².